The smallest absolute Gasteiger partial charge is 0.188 e. The molecule has 11 heavy (non-hydrogen) atoms. The topological polar surface area (TPSA) is 38.7 Å². The molecule has 0 saturated carbocycles. The Morgan fingerprint density at radius 1 is 1.55 bits per heavy atom. The van der Waals surface area contributed by atoms with E-state index in [4.69, 9.17) is 9.47 Å². The van der Waals surface area contributed by atoms with Crippen molar-refractivity contribution in [1.29, 1.82) is 0 Å². The van der Waals surface area contributed by atoms with Crippen molar-refractivity contribution in [2.24, 2.45) is 5.92 Å². The summed E-state index contributed by atoms with van der Waals surface area (Å²) >= 11 is 0. The molecule has 2 unspecified atom stereocenters. The number of ether oxygens (including phenoxy) is 2. The van der Waals surface area contributed by atoms with E-state index in [1.54, 1.807) is 12.3 Å². The number of rotatable bonds is 2. The van der Waals surface area contributed by atoms with Gasteiger partial charge in [0.15, 0.2) is 6.79 Å². The first-order valence-corrected chi connectivity index (χ1v) is 3.79. The second-order valence-electron chi connectivity index (χ2n) is 2.98. The van der Waals surface area contributed by atoms with Gasteiger partial charge in [0.05, 0.1) is 12.4 Å². The standard InChI is InChI=1S/C8H14O3/c1-6(2)8(9)7-3-4-10-5-11-7/h3-4,6-9H,5H2,1-2H3. The lowest BCUT2D eigenvalue weighted by Gasteiger charge is -2.25. The van der Waals surface area contributed by atoms with E-state index in [1.165, 1.54) is 0 Å². The summed E-state index contributed by atoms with van der Waals surface area (Å²) in [5.41, 5.74) is 0. The second-order valence-corrected chi connectivity index (χ2v) is 2.98. The molecule has 0 bridgehead atoms. The summed E-state index contributed by atoms with van der Waals surface area (Å²) in [5, 5.41) is 9.52. The molecule has 1 N–H and O–H groups in total. The van der Waals surface area contributed by atoms with Crippen LogP contribution in [0, 0.1) is 5.92 Å². The van der Waals surface area contributed by atoms with Gasteiger partial charge < -0.3 is 14.6 Å². The van der Waals surface area contributed by atoms with E-state index in [0.717, 1.165) is 0 Å². The maximum Gasteiger partial charge on any atom is 0.188 e. The molecule has 3 heteroatoms. The van der Waals surface area contributed by atoms with Gasteiger partial charge in [0, 0.05) is 0 Å². The molecule has 0 aliphatic carbocycles. The first-order valence-electron chi connectivity index (χ1n) is 3.79. The van der Waals surface area contributed by atoms with Crippen molar-refractivity contribution < 1.29 is 14.6 Å². The Balaban J connectivity index is 2.45. The Morgan fingerprint density at radius 3 is 2.73 bits per heavy atom. The van der Waals surface area contributed by atoms with Crippen LogP contribution in [0.3, 0.4) is 0 Å². The average molecular weight is 158 g/mol. The van der Waals surface area contributed by atoms with Crippen LogP contribution in [0.15, 0.2) is 12.3 Å². The van der Waals surface area contributed by atoms with Gasteiger partial charge in [-0.05, 0) is 12.0 Å². The molecule has 0 aromatic carbocycles. The Morgan fingerprint density at radius 2 is 2.27 bits per heavy atom. The molecule has 1 rings (SSSR count). The minimum absolute atomic E-state index is 0.205. The zero-order valence-corrected chi connectivity index (χ0v) is 6.86. The molecule has 64 valence electrons. The minimum atomic E-state index is -0.435. The van der Waals surface area contributed by atoms with Crippen LogP contribution < -0.4 is 0 Å². The van der Waals surface area contributed by atoms with Crippen LogP contribution in [0.25, 0.3) is 0 Å². The highest BCUT2D eigenvalue weighted by molar-refractivity contribution is 4.92. The van der Waals surface area contributed by atoms with Gasteiger partial charge in [-0.2, -0.15) is 0 Å². The predicted molar refractivity (Wildman–Crippen MR) is 40.8 cm³/mol. The first kappa shape index (κ1) is 8.56. The van der Waals surface area contributed by atoms with E-state index in [9.17, 15) is 5.11 Å². The fourth-order valence-corrected chi connectivity index (χ4v) is 0.937. The van der Waals surface area contributed by atoms with Crippen molar-refractivity contribution in [3.8, 4) is 0 Å². The fraction of sp³-hybridized carbons (Fsp3) is 0.750. The van der Waals surface area contributed by atoms with E-state index in [0.29, 0.717) is 0 Å². The SMILES string of the molecule is CC(C)C(O)C1C=COCO1. The van der Waals surface area contributed by atoms with Gasteiger partial charge in [0.1, 0.15) is 6.10 Å². The molecule has 0 aromatic heterocycles. The molecule has 0 spiro atoms. The lowest BCUT2D eigenvalue weighted by atomic mass is 10.0. The molecular weight excluding hydrogens is 144 g/mol. The van der Waals surface area contributed by atoms with Gasteiger partial charge in [0.2, 0.25) is 0 Å². The van der Waals surface area contributed by atoms with Crippen LogP contribution in [0.2, 0.25) is 0 Å². The Bertz CT molecular complexity index is 142. The van der Waals surface area contributed by atoms with Gasteiger partial charge in [-0.3, -0.25) is 0 Å². The first-order chi connectivity index (χ1) is 5.22. The Hall–Kier alpha value is -0.540. The molecule has 0 fully saturated rings. The number of aliphatic hydroxyl groups excluding tert-OH is 1. The van der Waals surface area contributed by atoms with Gasteiger partial charge in [-0.25, -0.2) is 0 Å². The highest BCUT2D eigenvalue weighted by Crippen LogP contribution is 2.13. The predicted octanol–water partition coefficient (Wildman–Crippen LogP) is 0.890. The number of hydrogen-bond acceptors (Lipinski definition) is 3. The summed E-state index contributed by atoms with van der Waals surface area (Å²) in [6.45, 7) is 4.15. The quantitative estimate of drug-likeness (QED) is 0.648. The Kier molecular flexibility index (Phi) is 2.91. The van der Waals surface area contributed by atoms with E-state index in [2.05, 4.69) is 0 Å². The number of aliphatic hydroxyl groups is 1. The molecule has 1 aliphatic rings. The lowest BCUT2D eigenvalue weighted by molar-refractivity contribution is -0.107. The van der Waals surface area contributed by atoms with Crippen LogP contribution in [-0.4, -0.2) is 24.1 Å². The van der Waals surface area contributed by atoms with Gasteiger partial charge in [-0.15, -0.1) is 0 Å². The van der Waals surface area contributed by atoms with E-state index < -0.39 is 6.10 Å². The molecule has 0 amide bonds. The monoisotopic (exact) mass is 158 g/mol. The lowest BCUT2D eigenvalue weighted by Crippen LogP contribution is -2.33. The molecule has 0 radical (unpaired) electrons. The molecule has 1 aliphatic heterocycles. The fourth-order valence-electron chi connectivity index (χ4n) is 0.937. The van der Waals surface area contributed by atoms with Crippen molar-refractivity contribution >= 4 is 0 Å². The van der Waals surface area contributed by atoms with Crippen molar-refractivity contribution in [2.75, 3.05) is 6.79 Å². The summed E-state index contributed by atoms with van der Waals surface area (Å²) in [7, 11) is 0. The van der Waals surface area contributed by atoms with Crippen LogP contribution >= 0.6 is 0 Å². The van der Waals surface area contributed by atoms with Crippen molar-refractivity contribution in [3.05, 3.63) is 12.3 Å². The summed E-state index contributed by atoms with van der Waals surface area (Å²) in [6, 6.07) is 0. The third-order valence-electron chi connectivity index (χ3n) is 1.71. The molecular formula is C8H14O3. The Labute approximate surface area is 66.6 Å². The van der Waals surface area contributed by atoms with Crippen molar-refractivity contribution in [2.45, 2.75) is 26.1 Å². The maximum atomic E-state index is 9.52. The van der Waals surface area contributed by atoms with Crippen LogP contribution in [0.1, 0.15) is 13.8 Å². The minimum Gasteiger partial charge on any atom is -0.475 e. The highest BCUT2D eigenvalue weighted by Gasteiger charge is 2.22. The van der Waals surface area contributed by atoms with Gasteiger partial charge in [-0.1, -0.05) is 13.8 Å². The zero-order valence-electron chi connectivity index (χ0n) is 6.86. The second kappa shape index (κ2) is 3.74. The highest BCUT2D eigenvalue weighted by atomic mass is 16.7. The third kappa shape index (κ3) is 2.20. The van der Waals surface area contributed by atoms with Crippen molar-refractivity contribution in [3.63, 3.8) is 0 Å². The molecule has 0 aromatic rings. The van der Waals surface area contributed by atoms with Crippen molar-refractivity contribution in [1.82, 2.24) is 0 Å². The van der Waals surface area contributed by atoms with E-state index in [-0.39, 0.29) is 18.8 Å². The summed E-state index contributed by atoms with van der Waals surface area (Å²) in [5.74, 6) is 0.211. The van der Waals surface area contributed by atoms with Gasteiger partial charge >= 0.3 is 0 Å². The number of hydrogen-bond donors (Lipinski definition) is 1. The molecule has 2 atom stereocenters. The molecule has 3 nitrogen and oxygen atoms in total. The molecule has 1 heterocycles. The summed E-state index contributed by atoms with van der Waals surface area (Å²) in [4.78, 5) is 0. The van der Waals surface area contributed by atoms with E-state index in [1.807, 2.05) is 13.8 Å². The third-order valence-corrected chi connectivity index (χ3v) is 1.71. The summed E-state index contributed by atoms with van der Waals surface area (Å²) < 4.78 is 9.96. The average Bonchev–Trinajstić information content (AvgIpc) is 2.05. The van der Waals surface area contributed by atoms with Crippen LogP contribution in [0.5, 0.6) is 0 Å². The zero-order chi connectivity index (χ0) is 8.27. The summed E-state index contributed by atoms with van der Waals surface area (Å²) in [6.07, 6.45) is 2.66. The van der Waals surface area contributed by atoms with Crippen LogP contribution in [0.4, 0.5) is 0 Å². The van der Waals surface area contributed by atoms with Gasteiger partial charge in [0.25, 0.3) is 0 Å². The normalized spacial score (nSPS) is 26.7. The van der Waals surface area contributed by atoms with E-state index >= 15 is 0 Å². The van der Waals surface area contributed by atoms with Crippen LogP contribution in [-0.2, 0) is 9.47 Å². The largest absolute Gasteiger partial charge is 0.475 e. The maximum absolute atomic E-state index is 9.52. The molecule has 0 saturated heterocycles.